The Morgan fingerprint density at radius 1 is 1.27 bits per heavy atom. The highest BCUT2D eigenvalue weighted by molar-refractivity contribution is 7.20. The zero-order chi connectivity index (χ0) is 20.2. The van der Waals surface area contributed by atoms with Crippen molar-refractivity contribution < 1.29 is 13.9 Å². The van der Waals surface area contributed by atoms with Gasteiger partial charge in [-0.2, -0.15) is 4.98 Å². The molecular formula is C21H19N5O3S. The number of aromatic nitrogens is 2. The van der Waals surface area contributed by atoms with Gasteiger partial charge in [-0.1, -0.05) is 11.3 Å². The molecule has 2 atom stereocenters. The standard InChI is InChI=1S/C21H19N5O3S/c22-20(27)26-10-13-7-14(26)9-25(13)11-16-6-12-3-4-15(8-17(12)28-16)29-21-24-19-18(30-21)2-1-5-23-19/h1-6,8,13-14H,7,9-11H2,(H2,22,27)/t13-,14-/m1/s1. The zero-order valence-corrected chi connectivity index (χ0v) is 16.8. The largest absolute Gasteiger partial charge is 0.460 e. The van der Waals surface area contributed by atoms with Crippen molar-refractivity contribution in [2.45, 2.75) is 25.0 Å². The minimum atomic E-state index is -0.317. The fourth-order valence-corrected chi connectivity index (χ4v) is 5.31. The molecule has 2 saturated heterocycles. The number of rotatable bonds is 4. The number of hydrogen-bond donors (Lipinski definition) is 1. The molecule has 0 spiro atoms. The average molecular weight is 421 g/mol. The van der Waals surface area contributed by atoms with E-state index in [4.69, 9.17) is 14.9 Å². The second-order valence-corrected chi connectivity index (χ2v) is 8.78. The predicted molar refractivity (Wildman–Crippen MR) is 113 cm³/mol. The molecule has 0 aliphatic carbocycles. The molecule has 152 valence electrons. The van der Waals surface area contributed by atoms with Gasteiger partial charge in [0.15, 0.2) is 5.65 Å². The van der Waals surface area contributed by atoms with E-state index in [-0.39, 0.29) is 12.1 Å². The van der Waals surface area contributed by atoms with Crippen molar-refractivity contribution in [2.75, 3.05) is 13.1 Å². The molecule has 2 aliphatic heterocycles. The summed E-state index contributed by atoms with van der Waals surface area (Å²) in [5.41, 5.74) is 6.93. The summed E-state index contributed by atoms with van der Waals surface area (Å²) in [6.07, 6.45) is 2.71. The van der Waals surface area contributed by atoms with Crippen LogP contribution >= 0.6 is 11.3 Å². The van der Waals surface area contributed by atoms with Crippen molar-refractivity contribution in [1.82, 2.24) is 19.8 Å². The van der Waals surface area contributed by atoms with Gasteiger partial charge < -0.3 is 19.8 Å². The van der Waals surface area contributed by atoms with E-state index in [0.29, 0.717) is 29.2 Å². The van der Waals surface area contributed by atoms with E-state index in [1.807, 2.05) is 30.3 Å². The van der Waals surface area contributed by atoms with E-state index in [0.717, 1.165) is 40.9 Å². The van der Waals surface area contributed by atoms with Gasteiger partial charge in [0.25, 0.3) is 5.19 Å². The Balaban J connectivity index is 1.19. The first-order valence-electron chi connectivity index (χ1n) is 9.84. The number of carbonyl (C=O) groups excluding carboxylic acids is 1. The Morgan fingerprint density at radius 3 is 3.00 bits per heavy atom. The van der Waals surface area contributed by atoms with Gasteiger partial charge >= 0.3 is 6.03 Å². The Bertz CT molecular complexity index is 1230. The maximum Gasteiger partial charge on any atom is 0.315 e. The maximum absolute atomic E-state index is 11.5. The molecule has 2 amide bonds. The van der Waals surface area contributed by atoms with Crippen LogP contribution in [0.15, 0.2) is 47.0 Å². The van der Waals surface area contributed by atoms with Crippen LogP contribution in [-0.2, 0) is 6.54 Å². The number of nitrogens with two attached hydrogens (primary N) is 1. The highest BCUT2D eigenvalue weighted by Gasteiger charge is 2.44. The van der Waals surface area contributed by atoms with E-state index in [1.165, 1.54) is 11.3 Å². The summed E-state index contributed by atoms with van der Waals surface area (Å²) in [6.45, 7) is 2.27. The van der Waals surface area contributed by atoms with Crippen LogP contribution in [0.1, 0.15) is 12.2 Å². The van der Waals surface area contributed by atoms with Crippen LogP contribution < -0.4 is 10.5 Å². The molecule has 0 saturated carbocycles. The van der Waals surface area contributed by atoms with Gasteiger partial charge in [0, 0.05) is 42.8 Å². The molecule has 8 nitrogen and oxygen atoms in total. The van der Waals surface area contributed by atoms with Crippen molar-refractivity contribution in [2.24, 2.45) is 5.73 Å². The number of ether oxygens (including phenoxy) is 1. The number of hydrogen-bond acceptors (Lipinski definition) is 7. The number of benzene rings is 1. The molecule has 2 aliphatic rings. The number of thiazole rings is 1. The molecule has 0 unspecified atom stereocenters. The molecule has 5 heterocycles. The summed E-state index contributed by atoms with van der Waals surface area (Å²) in [5, 5.41) is 1.59. The number of carbonyl (C=O) groups is 1. The van der Waals surface area contributed by atoms with Gasteiger partial charge in [0.1, 0.15) is 17.1 Å². The number of urea groups is 1. The SMILES string of the molecule is NC(=O)N1C[C@H]2C[C@@H]1CN2Cc1cc2ccc(Oc3nc4ncccc4s3)cc2o1. The van der Waals surface area contributed by atoms with Gasteiger partial charge in [0.2, 0.25) is 0 Å². The van der Waals surface area contributed by atoms with E-state index < -0.39 is 0 Å². The summed E-state index contributed by atoms with van der Waals surface area (Å²) in [6, 6.07) is 12.0. The Kier molecular flexibility index (Phi) is 3.93. The molecule has 9 heteroatoms. The molecule has 1 aromatic carbocycles. The number of likely N-dealkylation sites (tertiary alicyclic amines) is 2. The number of amides is 2. The molecule has 30 heavy (non-hydrogen) atoms. The molecule has 4 aromatic rings. The number of primary amides is 1. The second kappa shape index (κ2) is 6.68. The van der Waals surface area contributed by atoms with E-state index in [2.05, 4.69) is 20.9 Å². The van der Waals surface area contributed by atoms with Crippen LogP contribution in [0.2, 0.25) is 0 Å². The van der Waals surface area contributed by atoms with Crippen molar-refractivity contribution in [1.29, 1.82) is 0 Å². The molecule has 3 aromatic heterocycles. The molecule has 2 bridgehead atoms. The maximum atomic E-state index is 11.5. The Hall–Kier alpha value is -3.17. The lowest BCUT2D eigenvalue weighted by molar-refractivity contribution is 0.132. The van der Waals surface area contributed by atoms with Crippen molar-refractivity contribution in [3.63, 3.8) is 0 Å². The lowest BCUT2D eigenvalue weighted by Crippen LogP contribution is -2.50. The highest BCUT2D eigenvalue weighted by atomic mass is 32.1. The van der Waals surface area contributed by atoms with Crippen LogP contribution in [0.25, 0.3) is 21.3 Å². The molecule has 6 rings (SSSR count). The van der Waals surface area contributed by atoms with Crippen LogP contribution in [0.5, 0.6) is 10.9 Å². The Morgan fingerprint density at radius 2 is 2.20 bits per heavy atom. The topological polar surface area (TPSA) is 97.7 Å². The highest BCUT2D eigenvalue weighted by Crippen LogP contribution is 2.34. The first-order chi connectivity index (χ1) is 14.6. The molecule has 0 radical (unpaired) electrons. The van der Waals surface area contributed by atoms with Gasteiger partial charge in [0.05, 0.1) is 11.2 Å². The number of piperazine rings is 1. The van der Waals surface area contributed by atoms with Crippen LogP contribution in [0, 0.1) is 0 Å². The van der Waals surface area contributed by atoms with Gasteiger partial charge in [-0.3, -0.25) is 4.90 Å². The normalized spacial score (nSPS) is 21.1. The number of pyridine rings is 1. The van der Waals surface area contributed by atoms with E-state index in [9.17, 15) is 4.79 Å². The van der Waals surface area contributed by atoms with Crippen LogP contribution in [0.4, 0.5) is 4.79 Å². The van der Waals surface area contributed by atoms with Crippen molar-refractivity contribution in [3.05, 3.63) is 48.4 Å². The number of furan rings is 1. The van der Waals surface area contributed by atoms with Gasteiger partial charge in [-0.05, 0) is 36.8 Å². The summed E-state index contributed by atoms with van der Waals surface area (Å²) >= 11 is 1.46. The van der Waals surface area contributed by atoms with Gasteiger partial charge in [-0.15, -0.1) is 0 Å². The minimum absolute atomic E-state index is 0.222. The lowest BCUT2D eigenvalue weighted by Gasteiger charge is -2.32. The summed E-state index contributed by atoms with van der Waals surface area (Å²) in [5.74, 6) is 1.59. The first kappa shape index (κ1) is 17.7. The number of nitrogens with zero attached hydrogens (tertiary/aromatic N) is 4. The quantitative estimate of drug-likeness (QED) is 0.541. The summed E-state index contributed by atoms with van der Waals surface area (Å²) < 4.78 is 13.0. The predicted octanol–water partition coefficient (Wildman–Crippen LogP) is 3.57. The van der Waals surface area contributed by atoms with E-state index in [1.54, 1.807) is 11.1 Å². The fourth-order valence-electron chi connectivity index (χ4n) is 4.51. The van der Waals surface area contributed by atoms with Crippen molar-refractivity contribution in [3.8, 4) is 10.9 Å². The Labute approximate surface area is 175 Å². The van der Waals surface area contributed by atoms with E-state index >= 15 is 0 Å². The molecular weight excluding hydrogens is 402 g/mol. The molecule has 2 N–H and O–H groups in total. The van der Waals surface area contributed by atoms with Crippen LogP contribution in [-0.4, -0.2) is 51.0 Å². The minimum Gasteiger partial charge on any atom is -0.460 e. The second-order valence-electron chi connectivity index (χ2n) is 7.78. The molecule has 2 fully saturated rings. The van der Waals surface area contributed by atoms with Crippen molar-refractivity contribution >= 4 is 38.7 Å². The summed E-state index contributed by atoms with van der Waals surface area (Å²) in [7, 11) is 0. The average Bonchev–Trinajstić information content (AvgIpc) is 3.49. The van der Waals surface area contributed by atoms with Gasteiger partial charge in [-0.25, -0.2) is 9.78 Å². The third-order valence-corrected chi connectivity index (χ3v) is 6.78. The van der Waals surface area contributed by atoms with Crippen LogP contribution in [0.3, 0.4) is 0 Å². The zero-order valence-electron chi connectivity index (χ0n) is 16.0. The summed E-state index contributed by atoms with van der Waals surface area (Å²) in [4.78, 5) is 24.3. The monoisotopic (exact) mass is 421 g/mol. The third-order valence-electron chi connectivity index (χ3n) is 5.89. The first-order valence-corrected chi connectivity index (χ1v) is 10.7. The smallest absolute Gasteiger partial charge is 0.315 e. The number of fused-ring (bicyclic) bond motifs is 4. The third kappa shape index (κ3) is 2.98. The fraction of sp³-hybridized carbons (Fsp3) is 0.286. The lowest BCUT2D eigenvalue weighted by atomic mass is 10.2.